The zero-order chi connectivity index (χ0) is 23.2. The number of ether oxygens (including phenoxy) is 1. The van der Waals surface area contributed by atoms with Crippen LogP contribution in [0.4, 0.5) is 0 Å². The number of aromatic nitrogens is 2. The van der Waals surface area contributed by atoms with E-state index >= 15 is 0 Å². The maximum absolute atomic E-state index is 12.9. The minimum Gasteiger partial charge on any atom is -0.480 e. The van der Waals surface area contributed by atoms with E-state index in [0.29, 0.717) is 28.9 Å². The monoisotopic (exact) mass is 486 g/mol. The van der Waals surface area contributed by atoms with Gasteiger partial charge in [0.2, 0.25) is 5.88 Å². The van der Waals surface area contributed by atoms with Crippen LogP contribution < -0.4 is 10.1 Å². The number of fused-ring (bicyclic) bond motifs is 1. The van der Waals surface area contributed by atoms with Gasteiger partial charge < -0.3 is 15.0 Å². The van der Waals surface area contributed by atoms with Crippen molar-refractivity contribution in [3.63, 3.8) is 0 Å². The van der Waals surface area contributed by atoms with E-state index in [4.69, 9.17) is 16.3 Å². The first-order valence-corrected chi connectivity index (χ1v) is 12.3. The summed E-state index contributed by atoms with van der Waals surface area (Å²) < 4.78 is 6.25. The van der Waals surface area contributed by atoms with Crippen LogP contribution >= 0.6 is 22.9 Å². The van der Waals surface area contributed by atoms with E-state index in [1.807, 2.05) is 17.0 Å². The van der Waals surface area contributed by atoms with Crippen molar-refractivity contribution in [1.29, 1.82) is 0 Å². The molecule has 1 aliphatic heterocycles. The van der Waals surface area contributed by atoms with Crippen LogP contribution in [0.2, 0.25) is 5.02 Å². The van der Waals surface area contributed by atoms with Gasteiger partial charge in [-0.1, -0.05) is 24.4 Å². The molecule has 7 nitrogen and oxygen atoms in total. The lowest BCUT2D eigenvalue weighted by Gasteiger charge is -2.32. The minimum absolute atomic E-state index is 0.0195. The fourth-order valence-electron chi connectivity index (χ4n) is 4.18. The molecule has 33 heavy (non-hydrogen) atoms. The lowest BCUT2D eigenvalue weighted by Crippen LogP contribution is -2.38. The van der Waals surface area contributed by atoms with Crippen molar-refractivity contribution in [3.8, 4) is 5.88 Å². The highest BCUT2D eigenvalue weighted by Gasteiger charge is 2.26. The third-order valence-electron chi connectivity index (χ3n) is 6.01. The Hall–Kier alpha value is -2.71. The van der Waals surface area contributed by atoms with Crippen LogP contribution in [0.15, 0.2) is 36.8 Å². The van der Waals surface area contributed by atoms with Gasteiger partial charge >= 0.3 is 0 Å². The predicted molar refractivity (Wildman–Crippen MR) is 130 cm³/mol. The average molecular weight is 487 g/mol. The highest BCUT2D eigenvalue weighted by atomic mass is 35.5. The van der Waals surface area contributed by atoms with Gasteiger partial charge in [-0.2, -0.15) is 0 Å². The van der Waals surface area contributed by atoms with E-state index in [1.165, 1.54) is 24.6 Å². The van der Waals surface area contributed by atoms with E-state index in [1.54, 1.807) is 18.5 Å². The standard InChI is InChI=1S/C24H27ClN4O3S/c1-32-23-19(13-18(25)14-28-23)24(31)29-10-6-16(7-11-29)4-2-3-8-27-22(30)20-12-17-5-9-26-15-21(17)33-20/h5,9,12-16H,2-4,6-8,10-11H2,1H3,(H,27,30). The largest absolute Gasteiger partial charge is 0.480 e. The number of thiophene rings is 1. The summed E-state index contributed by atoms with van der Waals surface area (Å²) in [4.78, 5) is 36.0. The van der Waals surface area contributed by atoms with Crippen molar-refractivity contribution < 1.29 is 14.3 Å². The van der Waals surface area contributed by atoms with Crippen LogP contribution in [0, 0.1) is 5.92 Å². The first kappa shape index (κ1) is 23.4. The molecule has 1 aliphatic rings. The normalized spacial score (nSPS) is 14.4. The van der Waals surface area contributed by atoms with Gasteiger partial charge in [0.15, 0.2) is 0 Å². The van der Waals surface area contributed by atoms with Gasteiger partial charge in [0.05, 0.1) is 21.7 Å². The SMILES string of the molecule is COc1ncc(Cl)cc1C(=O)N1CCC(CCCCNC(=O)c2cc3ccncc3s2)CC1. The van der Waals surface area contributed by atoms with Gasteiger partial charge in [-0.15, -0.1) is 11.3 Å². The summed E-state index contributed by atoms with van der Waals surface area (Å²) in [6.45, 7) is 2.11. The molecule has 0 unspecified atom stereocenters. The molecule has 1 saturated heterocycles. The number of carbonyl (C=O) groups excluding carboxylic acids is 2. The van der Waals surface area contributed by atoms with E-state index < -0.39 is 0 Å². The molecule has 9 heteroatoms. The minimum atomic E-state index is -0.0833. The number of nitrogens with one attached hydrogen (secondary N) is 1. The smallest absolute Gasteiger partial charge is 0.261 e. The summed E-state index contributed by atoms with van der Waals surface area (Å²) in [5.74, 6) is 0.800. The number of halogens is 1. The fraction of sp³-hybridized carbons (Fsp3) is 0.417. The number of likely N-dealkylation sites (tertiary alicyclic amines) is 1. The molecule has 1 fully saturated rings. The molecular formula is C24H27ClN4O3S. The number of nitrogens with zero attached hydrogens (tertiary/aromatic N) is 3. The highest BCUT2D eigenvalue weighted by Crippen LogP contribution is 2.27. The third kappa shape index (κ3) is 5.81. The van der Waals surface area contributed by atoms with E-state index in [9.17, 15) is 9.59 Å². The molecule has 0 aromatic carbocycles. The summed E-state index contributed by atoms with van der Waals surface area (Å²) in [6.07, 6.45) is 10.1. The lowest BCUT2D eigenvalue weighted by molar-refractivity contribution is 0.0681. The summed E-state index contributed by atoms with van der Waals surface area (Å²) in [6, 6.07) is 5.46. The zero-order valence-electron chi connectivity index (χ0n) is 18.6. The van der Waals surface area contributed by atoms with Gasteiger partial charge in [0.1, 0.15) is 5.56 Å². The van der Waals surface area contributed by atoms with Gasteiger partial charge in [-0.25, -0.2) is 4.98 Å². The number of hydrogen-bond donors (Lipinski definition) is 1. The Morgan fingerprint density at radius 3 is 2.82 bits per heavy atom. The molecule has 3 aromatic rings. The molecular weight excluding hydrogens is 460 g/mol. The molecule has 0 aliphatic carbocycles. The summed E-state index contributed by atoms with van der Waals surface area (Å²) in [5, 5.41) is 4.50. The lowest BCUT2D eigenvalue weighted by atomic mass is 9.91. The van der Waals surface area contributed by atoms with Gasteiger partial charge in [0.25, 0.3) is 11.8 Å². The molecule has 0 saturated carbocycles. The van der Waals surface area contributed by atoms with Crippen molar-refractivity contribution in [1.82, 2.24) is 20.2 Å². The van der Waals surface area contributed by atoms with Crippen LogP contribution in [0.1, 0.15) is 52.1 Å². The second-order valence-electron chi connectivity index (χ2n) is 8.22. The van der Waals surface area contributed by atoms with Gasteiger partial charge in [-0.3, -0.25) is 14.6 Å². The van der Waals surface area contributed by atoms with Crippen molar-refractivity contribution in [2.45, 2.75) is 32.1 Å². The van der Waals surface area contributed by atoms with Crippen LogP contribution in [-0.4, -0.2) is 53.4 Å². The van der Waals surface area contributed by atoms with Crippen molar-refractivity contribution in [2.75, 3.05) is 26.7 Å². The van der Waals surface area contributed by atoms with Gasteiger partial charge in [0, 0.05) is 38.2 Å². The van der Waals surface area contributed by atoms with Crippen molar-refractivity contribution in [3.05, 3.63) is 52.3 Å². The Morgan fingerprint density at radius 1 is 1.24 bits per heavy atom. The number of hydrogen-bond acceptors (Lipinski definition) is 6. The Labute approximate surface area is 202 Å². The van der Waals surface area contributed by atoms with Crippen molar-refractivity contribution in [2.24, 2.45) is 5.92 Å². The van der Waals surface area contributed by atoms with Crippen LogP contribution in [0.3, 0.4) is 0 Å². The maximum atomic E-state index is 12.9. The molecule has 0 bridgehead atoms. The molecule has 1 N–H and O–H groups in total. The Bertz CT molecular complexity index is 1090. The number of pyridine rings is 2. The topological polar surface area (TPSA) is 84.4 Å². The number of piperidine rings is 1. The second-order valence-corrected chi connectivity index (χ2v) is 9.74. The predicted octanol–water partition coefficient (Wildman–Crippen LogP) is 4.81. The number of unbranched alkanes of at least 4 members (excludes halogenated alkanes) is 1. The fourth-order valence-corrected chi connectivity index (χ4v) is 5.28. The molecule has 174 valence electrons. The average Bonchev–Trinajstić information content (AvgIpc) is 3.28. The number of carbonyl (C=O) groups is 2. The number of methoxy groups -OCH3 is 1. The Morgan fingerprint density at radius 2 is 2.06 bits per heavy atom. The Balaban J connectivity index is 1.16. The molecule has 4 heterocycles. The molecule has 0 spiro atoms. The molecule has 0 atom stereocenters. The highest BCUT2D eigenvalue weighted by molar-refractivity contribution is 7.20. The van der Waals surface area contributed by atoms with E-state index in [2.05, 4.69) is 15.3 Å². The first-order valence-electron chi connectivity index (χ1n) is 11.2. The number of amides is 2. The van der Waals surface area contributed by atoms with Gasteiger partial charge in [-0.05, 0) is 48.8 Å². The maximum Gasteiger partial charge on any atom is 0.261 e. The summed E-state index contributed by atoms with van der Waals surface area (Å²) in [5.41, 5.74) is 0.411. The molecule has 3 aromatic heterocycles. The first-order chi connectivity index (χ1) is 16.0. The van der Waals surface area contributed by atoms with E-state index in [-0.39, 0.29) is 11.8 Å². The third-order valence-corrected chi connectivity index (χ3v) is 7.31. The van der Waals surface area contributed by atoms with Crippen molar-refractivity contribution >= 4 is 44.8 Å². The molecule has 0 radical (unpaired) electrons. The zero-order valence-corrected chi connectivity index (χ0v) is 20.1. The number of rotatable bonds is 8. The Kier molecular flexibility index (Phi) is 7.77. The van der Waals surface area contributed by atoms with Crippen LogP contribution in [0.25, 0.3) is 10.1 Å². The van der Waals surface area contributed by atoms with Crippen LogP contribution in [-0.2, 0) is 0 Å². The molecule has 2 amide bonds. The quantitative estimate of drug-likeness (QED) is 0.462. The molecule has 4 rings (SSSR count). The van der Waals surface area contributed by atoms with Crippen LogP contribution in [0.5, 0.6) is 5.88 Å². The summed E-state index contributed by atoms with van der Waals surface area (Å²) >= 11 is 7.49. The second kappa shape index (κ2) is 10.9. The van der Waals surface area contributed by atoms with E-state index in [0.717, 1.165) is 60.2 Å². The summed E-state index contributed by atoms with van der Waals surface area (Å²) in [7, 11) is 1.50.